The highest BCUT2D eigenvalue weighted by atomic mass is 35.5. The number of hydrogen-bond acceptors (Lipinski definition) is 6. The number of halogens is 2. The SMILES string of the molecule is O=C(Oc1ccc(Cl)c(Cl)c1)N1CCC(=O)N(C(CO)CCN2CCC3(CC3)C(O)C2)CC1. The second-order valence-corrected chi connectivity index (χ2v) is 10.1. The van der Waals surface area contributed by atoms with Gasteiger partial charge < -0.3 is 29.6 Å². The number of carbonyl (C=O) groups is 2. The summed E-state index contributed by atoms with van der Waals surface area (Å²) in [6.45, 7) is 3.05. The van der Waals surface area contributed by atoms with E-state index in [1.165, 1.54) is 11.0 Å². The lowest BCUT2D eigenvalue weighted by molar-refractivity contribution is -0.133. The fourth-order valence-corrected chi connectivity index (χ4v) is 5.10. The maximum Gasteiger partial charge on any atom is 0.415 e. The van der Waals surface area contributed by atoms with Crippen molar-refractivity contribution in [1.29, 1.82) is 0 Å². The Morgan fingerprint density at radius 2 is 1.94 bits per heavy atom. The molecule has 1 saturated carbocycles. The number of ether oxygens (including phenoxy) is 1. The summed E-state index contributed by atoms with van der Waals surface area (Å²) in [6.07, 6.45) is 3.19. The molecule has 2 amide bonds. The molecule has 33 heavy (non-hydrogen) atoms. The van der Waals surface area contributed by atoms with E-state index in [2.05, 4.69) is 4.90 Å². The molecule has 0 radical (unpaired) electrons. The predicted molar refractivity (Wildman–Crippen MR) is 125 cm³/mol. The van der Waals surface area contributed by atoms with E-state index in [-0.39, 0.29) is 48.8 Å². The molecule has 1 aromatic rings. The van der Waals surface area contributed by atoms with E-state index in [1.54, 1.807) is 17.0 Å². The van der Waals surface area contributed by atoms with Gasteiger partial charge in [-0.1, -0.05) is 23.2 Å². The van der Waals surface area contributed by atoms with Gasteiger partial charge >= 0.3 is 6.09 Å². The Morgan fingerprint density at radius 3 is 2.61 bits per heavy atom. The molecule has 3 fully saturated rings. The molecule has 2 heterocycles. The zero-order valence-electron chi connectivity index (χ0n) is 18.6. The van der Waals surface area contributed by atoms with E-state index in [0.29, 0.717) is 42.6 Å². The third-order valence-corrected chi connectivity index (χ3v) is 8.01. The first-order valence-electron chi connectivity index (χ1n) is 11.5. The zero-order chi connectivity index (χ0) is 23.6. The van der Waals surface area contributed by atoms with Gasteiger partial charge in [0.15, 0.2) is 0 Å². The molecule has 0 bridgehead atoms. The highest BCUT2D eigenvalue weighted by Gasteiger charge is 2.51. The standard InChI is InChI=1S/C23H31Cl2N3O5/c24-18-2-1-17(13-19(18)25)33-22(32)27-9-4-21(31)28(12-11-27)16(15-29)3-8-26-10-7-23(5-6-23)20(30)14-26/h1-2,13,16,20,29-30H,3-12,14-15H2. The highest BCUT2D eigenvalue weighted by Crippen LogP contribution is 2.53. The number of rotatable bonds is 6. The molecule has 182 valence electrons. The lowest BCUT2D eigenvalue weighted by Crippen LogP contribution is -2.48. The van der Waals surface area contributed by atoms with E-state index in [4.69, 9.17) is 27.9 Å². The molecular weight excluding hydrogens is 469 g/mol. The Balaban J connectivity index is 1.29. The molecule has 2 aliphatic heterocycles. The number of hydrogen-bond donors (Lipinski definition) is 2. The van der Waals surface area contributed by atoms with Crippen LogP contribution in [0.4, 0.5) is 4.79 Å². The molecule has 0 aromatic heterocycles. The zero-order valence-corrected chi connectivity index (χ0v) is 20.1. The van der Waals surface area contributed by atoms with Crippen molar-refractivity contribution in [3.63, 3.8) is 0 Å². The molecule has 8 nitrogen and oxygen atoms in total. The van der Waals surface area contributed by atoms with E-state index < -0.39 is 6.09 Å². The molecule has 10 heteroatoms. The Kier molecular flexibility index (Phi) is 7.70. The van der Waals surface area contributed by atoms with Crippen molar-refractivity contribution >= 4 is 35.2 Å². The fraction of sp³-hybridized carbons (Fsp3) is 0.652. The summed E-state index contributed by atoms with van der Waals surface area (Å²) in [4.78, 5) is 30.8. The van der Waals surface area contributed by atoms with Crippen LogP contribution >= 0.6 is 23.2 Å². The van der Waals surface area contributed by atoms with Gasteiger partial charge in [-0.25, -0.2) is 4.79 Å². The molecule has 2 atom stereocenters. The topological polar surface area (TPSA) is 93.5 Å². The first-order chi connectivity index (χ1) is 15.8. The number of carbonyl (C=O) groups excluding carboxylic acids is 2. The molecule has 2 N–H and O–H groups in total. The van der Waals surface area contributed by atoms with E-state index >= 15 is 0 Å². The van der Waals surface area contributed by atoms with Crippen LogP contribution < -0.4 is 4.74 Å². The minimum absolute atomic E-state index is 0.0884. The lowest BCUT2D eigenvalue weighted by atomic mass is 9.90. The van der Waals surface area contributed by atoms with Crippen molar-refractivity contribution in [3.05, 3.63) is 28.2 Å². The summed E-state index contributed by atoms with van der Waals surface area (Å²) < 4.78 is 5.40. The van der Waals surface area contributed by atoms with E-state index in [1.807, 2.05) is 0 Å². The quantitative estimate of drug-likeness (QED) is 0.624. The molecule has 2 saturated heterocycles. The van der Waals surface area contributed by atoms with Crippen molar-refractivity contribution in [2.75, 3.05) is 45.9 Å². The van der Waals surface area contributed by atoms with Crippen LogP contribution in [0.3, 0.4) is 0 Å². The molecular formula is C23H31Cl2N3O5. The summed E-state index contributed by atoms with van der Waals surface area (Å²) in [5.41, 5.74) is 0.156. The summed E-state index contributed by atoms with van der Waals surface area (Å²) in [7, 11) is 0. The van der Waals surface area contributed by atoms with Gasteiger partial charge in [0.25, 0.3) is 0 Å². The van der Waals surface area contributed by atoms with E-state index in [0.717, 1.165) is 25.8 Å². The van der Waals surface area contributed by atoms with Gasteiger partial charge in [0.1, 0.15) is 5.75 Å². The second-order valence-electron chi connectivity index (χ2n) is 9.32. The Hall–Kier alpha value is -1.58. The molecule has 4 rings (SSSR count). The van der Waals surface area contributed by atoms with Crippen molar-refractivity contribution in [2.45, 2.75) is 44.2 Å². The Labute approximate surface area is 204 Å². The number of piperidine rings is 1. The molecule has 2 unspecified atom stereocenters. The van der Waals surface area contributed by atoms with Gasteiger partial charge in [-0.15, -0.1) is 0 Å². The monoisotopic (exact) mass is 499 g/mol. The van der Waals surface area contributed by atoms with Gasteiger partial charge in [-0.2, -0.15) is 0 Å². The predicted octanol–water partition coefficient (Wildman–Crippen LogP) is 2.62. The van der Waals surface area contributed by atoms with Crippen LogP contribution in [0, 0.1) is 5.41 Å². The van der Waals surface area contributed by atoms with Gasteiger partial charge in [-0.3, -0.25) is 4.79 Å². The summed E-state index contributed by atoms with van der Waals surface area (Å²) in [5.74, 6) is 0.196. The third-order valence-electron chi connectivity index (χ3n) is 7.27. The minimum Gasteiger partial charge on any atom is -0.410 e. The number of likely N-dealkylation sites (tertiary alicyclic amines) is 1. The number of nitrogens with zero attached hydrogens (tertiary/aromatic N) is 3. The average molecular weight is 500 g/mol. The highest BCUT2D eigenvalue weighted by molar-refractivity contribution is 6.42. The first-order valence-corrected chi connectivity index (χ1v) is 12.3. The summed E-state index contributed by atoms with van der Waals surface area (Å²) in [5, 5.41) is 21.1. The van der Waals surface area contributed by atoms with Gasteiger partial charge in [0, 0.05) is 45.2 Å². The normalized spacial score (nSPS) is 24.0. The van der Waals surface area contributed by atoms with Gasteiger partial charge in [-0.05, 0) is 49.8 Å². The van der Waals surface area contributed by atoms with Crippen LogP contribution in [-0.4, -0.2) is 94.9 Å². The molecule has 1 spiro atoms. The molecule has 1 aromatic carbocycles. The van der Waals surface area contributed by atoms with Crippen molar-refractivity contribution < 1.29 is 24.5 Å². The number of benzene rings is 1. The third kappa shape index (κ3) is 5.74. The number of aliphatic hydroxyl groups is 2. The van der Waals surface area contributed by atoms with Crippen LogP contribution in [0.1, 0.15) is 32.1 Å². The average Bonchev–Trinajstić information content (AvgIpc) is 3.59. The molecule has 1 aliphatic carbocycles. The van der Waals surface area contributed by atoms with Crippen LogP contribution in [0.15, 0.2) is 18.2 Å². The van der Waals surface area contributed by atoms with Crippen LogP contribution in [0.2, 0.25) is 10.0 Å². The Bertz CT molecular complexity index is 882. The lowest BCUT2D eigenvalue weighted by Gasteiger charge is -2.38. The Morgan fingerprint density at radius 1 is 1.15 bits per heavy atom. The van der Waals surface area contributed by atoms with Crippen LogP contribution in [0.5, 0.6) is 5.75 Å². The molecule has 3 aliphatic rings. The smallest absolute Gasteiger partial charge is 0.410 e. The first kappa shape index (κ1) is 24.5. The van der Waals surface area contributed by atoms with Crippen LogP contribution in [-0.2, 0) is 4.79 Å². The van der Waals surface area contributed by atoms with Crippen molar-refractivity contribution in [3.8, 4) is 5.75 Å². The van der Waals surface area contributed by atoms with Crippen LogP contribution in [0.25, 0.3) is 0 Å². The largest absolute Gasteiger partial charge is 0.415 e. The second kappa shape index (κ2) is 10.4. The number of aliphatic hydroxyl groups excluding tert-OH is 2. The van der Waals surface area contributed by atoms with E-state index in [9.17, 15) is 19.8 Å². The van der Waals surface area contributed by atoms with Gasteiger partial charge in [0.2, 0.25) is 5.91 Å². The number of amides is 2. The number of β-amino-alcohol motifs (C(OH)–C–C–N with tert-alkyl or cyclic N) is 1. The van der Waals surface area contributed by atoms with Crippen molar-refractivity contribution in [2.24, 2.45) is 5.41 Å². The fourth-order valence-electron chi connectivity index (χ4n) is 4.81. The summed E-state index contributed by atoms with van der Waals surface area (Å²) >= 11 is 11.9. The summed E-state index contributed by atoms with van der Waals surface area (Å²) in [6, 6.07) is 4.27. The maximum atomic E-state index is 12.8. The van der Waals surface area contributed by atoms with Gasteiger partial charge in [0.05, 0.1) is 28.8 Å². The maximum absolute atomic E-state index is 12.8. The van der Waals surface area contributed by atoms with Crippen molar-refractivity contribution in [1.82, 2.24) is 14.7 Å². The minimum atomic E-state index is -0.556.